The number of ether oxygens (including phenoxy) is 1. The zero-order chi connectivity index (χ0) is 13.0. The van der Waals surface area contributed by atoms with Gasteiger partial charge in [-0.05, 0) is 6.07 Å². The lowest BCUT2D eigenvalue weighted by Gasteiger charge is -2.16. The van der Waals surface area contributed by atoms with Crippen LogP contribution in [0.15, 0.2) is 36.9 Å². The van der Waals surface area contributed by atoms with Crippen molar-refractivity contribution < 1.29 is 13.5 Å². The zero-order valence-corrected chi connectivity index (χ0v) is 9.41. The number of para-hydroxylation sites is 1. The highest BCUT2D eigenvalue weighted by Crippen LogP contribution is 2.25. The SMILES string of the molecule is NC(Cn1cncn1)c1ccccc1OC(F)F. The van der Waals surface area contributed by atoms with Gasteiger partial charge in [0, 0.05) is 5.56 Å². The van der Waals surface area contributed by atoms with E-state index in [1.54, 1.807) is 18.2 Å². The number of nitrogens with two attached hydrogens (primary N) is 1. The predicted molar refractivity (Wildman–Crippen MR) is 60.0 cm³/mol. The van der Waals surface area contributed by atoms with Crippen molar-refractivity contribution in [3.05, 3.63) is 42.5 Å². The van der Waals surface area contributed by atoms with Crippen LogP contribution in [-0.4, -0.2) is 21.4 Å². The van der Waals surface area contributed by atoms with Gasteiger partial charge in [0.15, 0.2) is 0 Å². The Morgan fingerprint density at radius 1 is 1.33 bits per heavy atom. The monoisotopic (exact) mass is 254 g/mol. The van der Waals surface area contributed by atoms with E-state index >= 15 is 0 Å². The summed E-state index contributed by atoms with van der Waals surface area (Å²) in [5, 5.41) is 3.91. The molecule has 0 aliphatic heterocycles. The van der Waals surface area contributed by atoms with E-state index in [0.29, 0.717) is 12.1 Å². The molecule has 2 rings (SSSR count). The lowest BCUT2D eigenvalue weighted by molar-refractivity contribution is -0.0506. The molecule has 0 saturated carbocycles. The summed E-state index contributed by atoms with van der Waals surface area (Å²) in [4.78, 5) is 3.78. The van der Waals surface area contributed by atoms with E-state index in [-0.39, 0.29) is 5.75 Å². The van der Waals surface area contributed by atoms with Crippen LogP contribution >= 0.6 is 0 Å². The number of aromatic nitrogens is 3. The lowest BCUT2D eigenvalue weighted by Crippen LogP contribution is -2.19. The molecule has 0 bridgehead atoms. The van der Waals surface area contributed by atoms with Gasteiger partial charge in [-0.3, -0.25) is 4.68 Å². The highest BCUT2D eigenvalue weighted by Gasteiger charge is 2.15. The van der Waals surface area contributed by atoms with E-state index in [1.807, 2.05) is 0 Å². The predicted octanol–water partition coefficient (Wildman–Crippen LogP) is 1.58. The topological polar surface area (TPSA) is 66.0 Å². The quantitative estimate of drug-likeness (QED) is 0.879. The third-order valence-corrected chi connectivity index (χ3v) is 2.38. The molecule has 5 nitrogen and oxygen atoms in total. The minimum absolute atomic E-state index is 0.0834. The Bertz CT molecular complexity index is 490. The van der Waals surface area contributed by atoms with Crippen LogP contribution in [0.5, 0.6) is 5.75 Å². The fourth-order valence-electron chi connectivity index (χ4n) is 1.62. The van der Waals surface area contributed by atoms with Crippen molar-refractivity contribution in [1.82, 2.24) is 14.8 Å². The van der Waals surface area contributed by atoms with Gasteiger partial charge in [0.05, 0.1) is 12.6 Å². The van der Waals surface area contributed by atoms with Crippen LogP contribution in [0, 0.1) is 0 Å². The van der Waals surface area contributed by atoms with Crippen molar-refractivity contribution in [2.45, 2.75) is 19.2 Å². The average molecular weight is 254 g/mol. The van der Waals surface area contributed by atoms with Gasteiger partial charge in [0.1, 0.15) is 18.4 Å². The highest BCUT2D eigenvalue weighted by atomic mass is 19.3. The maximum atomic E-state index is 12.3. The Morgan fingerprint density at radius 3 is 2.78 bits per heavy atom. The molecule has 7 heteroatoms. The van der Waals surface area contributed by atoms with E-state index in [2.05, 4.69) is 14.8 Å². The molecule has 0 aliphatic rings. The van der Waals surface area contributed by atoms with Gasteiger partial charge in [0.2, 0.25) is 0 Å². The van der Waals surface area contributed by atoms with E-state index in [4.69, 9.17) is 5.73 Å². The molecule has 0 spiro atoms. The molecule has 1 aromatic heterocycles. The first-order valence-electron chi connectivity index (χ1n) is 5.28. The first-order chi connectivity index (χ1) is 8.66. The number of hydrogen-bond acceptors (Lipinski definition) is 4. The number of alkyl halides is 2. The average Bonchev–Trinajstić information content (AvgIpc) is 2.81. The van der Waals surface area contributed by atoms with E-state index in [0.717, 1.165) is 0 Å². The maximum absolute atomic E-state index is 12.3. The summed E-state index contributed by atoms with van der Waals surface area (Å²) in [5.41, 5.74) is 6.46. The minimum Gasteiger partial charge on any atom is -0.434 e. The third-order valence-electron chi connectivity index (χ3n) is 2.38. The van der Waals surface area contributed by atoms with E-state index < -0.39 is 12.7 Å². The summed E-state index contributed by atoms with van der Waals surface area (Å²) >= 11 is 0. The molecule has 2 aromatic rings. The van der Waals surface area contributed by atoms with Gasteiger partial charge in [-0.1, -0.05) is 18.2 Å². The Labute approximate surface area is 102 Å². The second kappa shape index (κ2) is 5.54. The summed E-state index contributed by atoms with van der Waals surface area (Å²) in [7, 11) is 0. The number of hydrogen-bond donors (Lipinski definition) is 1. The van der Waals surface area contributed by atoms with Crippen LogP contribution < -0.4 is 10.5 Å². The van der Waals surface area contributed by atoms with Crippen molar-refractivity contribution in [3.8, 4) is 5.75 Å². The molecule has 1 heterocycles. The summed E-state index contributed by atoms with van der Waals surface area (Å²) < 4.78 is 30.5. The Hall–Kier alpha value is -2.02. The summed E-state index contributed by atoms with van der Waals surface area (Å²) in [5.74, 6) is 0.0834. The lowest BCUT2D eigenvalue weighted by atomic mass is 10.1. The summed E-state index contributed by atoms with van der Waals surface area (Å²) in [6.45, 7) is -2.53. The van der Waals surface area contributed by atoms with Gasteiger partial charge >= 0.3 is 6.61 Å². The number of nitrogens with zero attached hydrogens (tertiary/aromatic N) is 3. The molecule has 0 amide bonds. The van der Waals surface area contributed by atoms with Crippen molar-refractivity contribution in [3.63, 3.8) is 0 Å². The molecule has 96 valence electrons. The molecular formula is C11H12F2N4O. The molecule has 0 saturated heterocycles. The first kappa shape index (κ1) is 12.4. The standard InChI is InChI=1S/C11H12F2N4O/c12-11(13)18-10-4-2-1-3-8(10)9(14)5-17-7-15-6-16-17/h1-4,6-7,9,11H,5,14H2. The second-order valence-electron chi connectivity index (χ2n) is 3.64. The van der Waals surface area contributed by atoms with Crippen LogP contribution in [0.1, 0.15) is 11.6 Å². The largest absolute Gasteiger partial charge is 0.434 e. The molecule has 18 heavy (non-hydrogen) atoms. The van der Waals surface area contributed by atoms with Crippen molar-refractivity contribution >= 4 is 0 Å². The number of halogens is 2. The molecule has 0 aliphatic carbocycles. The smallest absolute Gasteiger partial charge is 0.387 e. The third kappa shape index (κ3) is 3.01. The molecule has 1 aromatic carbocycles. The van der Waals surface area contributed by atoms with E-state index in [9.17, 15) is 8.78 Å². The Kier molecular flexibility index (Phi) is 3.83. The number of rotatable bonds is 5. The summed E-state index contributed by atoms with van der Waals surface area (Å²) in [6, 6.07) is 5.95. The van der Waals surface area contributed by atoms with Gasteiger partial charge in [-0.25, -0.2) is 4.98 Å². The van der Waals surface area contributed by atoms with E-state index in [1.165, 1.54) is 23.4 Å². The zero-order valence-electron chi connectivity index (χ0n) is 9.41. The van der Waals surface area contributed by atoms with Crippen LogP contribution in [0.4, 0.5) is 8.78 Å². The molecule has 0 fully saturated rings. The highest BCUT2D eigenvalue weighted by molar-refractivity contribution is 5.35. The summed E-state index contributed by atoms with van der Waals surface area (Å²) in [6.07, 6.45) is 2.89. The van der Waals surface area contributed by atoms with Gasteiger partial charge < -0.3 is 10.5 Å². The minimum atomic E-state index is -2.87. The second-order valence-corrected chi connectivity index (χ2v) is 3.64. The van der Waals surface area contributed by atoms with Crippen molar-refractivity contribution in [2.24, 2.45) is 5.73 Å². The van der Waals surface area contributed by atoms with Crippen molar-refractivity contribution in [1.29, 1.82) is 0 Å². The van der Waals surface area contributed by atoms with Gasteiger partial charge in [0.25, 0.3) is 0 Å². The van der Waals surface area contributed by atoms with Crippen molar-refractivity contribution in [2.75, 3.05) is 0 Å². The van der Waals surface area contributed by atoms with Crippen LogP contribution in [0.25, 0.3) is 0 Å². The van der Waals surface area contributed by atoms with Crippen LogP contribution in [-0.2, 0) is 6.54 Å². The fourth-order valence-corrected chi connectivity index (χ4v) is 1.62. The molecule has 0 radical (unpaired) electrons. The Balaban J connectivity index is 2.16. The fraction of sp³-hybridized carbons (Fsp3) is 0.273. The van der Waals surface area contributed by atoms with Gasteiger partial charge in [-0.15, -0.1) is 0 Å². The number of benzene rings is 1. The van der Waals surface area contributed by atoms with Crippen LogP contribution in [0.2, 0.25) is 0 Å². The molecular weight excluding hydrogens is 242 g/mol. The maximum Gasteiger partial charge on any atom is 0.387 e. The van der Waals surface area contributed by atoms with Gasteiger partial charge in [-0.2, -0.15) is 13.9 Å². The van der Waals surface area contributed by atoms with Crippen LogP contribution in [0.3, 0.4) is 0 Å². The Morgan fingerprint density at radius 2 is 2.11 bits per heavy atom. The first-order valence-corrected chi connectivity index (χ1v) is 5.28. The normalized spacial score (nSPS) is 12.7. The molecule has 1 unspecified atom stereocenters. The molecule has 2 N–H and O–H groups in total. The molecule has 1 atom stereocenters.